The van der Waals surface area contributed by atoms with Crippen LogP contribution in [0.4, 0.5) is 0 Å². The summed E-state index contributed by atoms with van der Waals surface area (Å²) < 4.78 is 1.52. The summed E-state index contributed by atoms with van der Waals surface area (Å²) in [5.41, 5.74) is 1.92. The quantitative estimate of drug-likeness (QED) is 0.923. The number of imidazole rings is 1. The van der Waals surface area contributed by atoms with Gasteiger partial charge < -0.3 is 9.67 Å². The molecule has 18 heavy (non-hydrogen) atoms. The van der Waals surface area contributed by atoms with Crippen LogP contribution in [-0.4, -0.2) is 20.6 Å². The highest BCUT2D eigenvalue weighted by atomic mass is 35.5. The van der Waals surface area contributed by atoms with Gasteiger partial charge in [-0.3, -0.25) is 0 Å². The van der Waals surface area contributed by atoms with Crippen molar-refractivity contribution in [1.29, 1.82) is 0 Å². The molecular weight excluding hydrogens is 252 g/mol. The van der Waals surface area contributed by atoms with Gasteiger partial charge in [-0.15, -0.1) is 0 Å². The van der Waals surface area contributed by atoms with E-state index < -0.39 is 5.97 Å². The van der Waals surface area contributed by atoms with Crippen LogP contribution in [0.3, 0.4) is 0 Å². The number of aryl methyl sites for hydroxylation is 3. The Morgan fingerprint density at radius 3 is 2.89 bits per heavy atom. The first-order valence-corrected chi connectivity index (χ1v) is 5.93. The molecule has 0 aliphatic rings. The SMILES string of the molecule is Cn1cnc(CCc2cccc(Cl)c2)c1C(=O)O. The number of nitrogens with zero attached hydrogens (tertiary/aromatic N) is 2. The first-order chi connectivity index (χ1) is 8.58. The van der Waals surface area contributed by atoms with Gasteiger partial charge in [0.1, 0.15) is 5.69 Å². The van der Waals surface area contributed by atoms with E-state index in [1.165, 1.54) is 10.9 Å². The van der Waals surface area contributed by atoms with Crippen LogP contribution in [0.25, 0.3) is 0 Å². The Kier molecular flexibility index (Phi) is 3.67. The number of aromatic nitrogens is 2. The van der Waals surface area contributed by atoms with E-state index in [-0.39, 0.29) is 5.69 Å². The summed E-state index contributed by atoms with van der Waals surface area (Å²) >= 11 is 5.90. The summed E-state index contributed by atoms with van der Waals surface area (Å²) in [5.74, 6) is -0.948. The topological polar surface area (TPSA) is 55.1 Å². The number of carboxylic acids is 1. The predicted octanol–water partition coefficient (Wildman–Crippen LogP) is 2.56. The predicted molar refractivity (Wildman–Crippen MR) is 69.0 cm³/mol. The molecule has 2 rings (SSSR count). The summed E-state index contributed by atoms with van der Waals surface area (Å²) in [7, 11) is 1.68. The fraction of sp³-hybridized carbons (Fsp3) is 0.231. The Morgan fingerprint density at radius 2 is 2.22 bits per heavy atom. The van der Waals surface area contributed by atoms with Crippen LogP contribution < -0.4 is 0 Å². The van der Waals surface area contributed by atoms with E-state index in [1.54, 1.807) is 7.05 Å². The molecule has 1 aromatic heterocycles. The van der Waals surface area contributed by atoms with E-state index in [2.05, 4.69) is 4.98 Å². The number of aromatic carboxylic acids is 1. The third kappa shape index (κ3) is 2.71. The summed E-state index contributed by atoms with van der Waals surface area (Å²) in [6, 6.07) is 7.54. The second-order valence-corrected chi connectivity index (χ2v) is 4.52. The molecule has 0 unspecified atom stereocenters. The third-order valence-corrected chi connectivity index (χ3v) is 2.99. The Labute approximate surface area is 110 Å². The minimum Gasteiger partial charge on any atom is -0.477 e. The summed E-state index contributed by atoms with van der Waals surface area (Å²) in [6.07, 6.45) is 2.83. The molecule has 0 atom stereocenters. The molecule has 0 aliphatic carbocycles. The number of halogens is 1. The van der Waals surface area contributed by atoms with Crippen LogP contribution in [0.2, 0.25) is 5.02 Å². The maximum absolute atomic E-state index is 11.1. The lowest BCUT2D eigenvalue weighted by Crippen LogP contribution is -2.08. The maximum atomic E-state index is 11.1. The zero-order valence-corrected chi connectivity index (χ0v) is 10.7. The van der Waals surface area contributed by atoms with Crippen molar-refractivity contribution in [3.8, 4) is 0 Å². The highest BCUT2D eigenvalue weighted by Crippen LogP contribution is 2.14. The van der Waals surface area contributed by atoms with Crippen LogP contribution in [0, 0.1) is 0 Å². The minimum atomic E-state index is -0.948. The van der Waals surface area contributed by atoms with E-state index >= 15 is 0 Å². The number of carboxylic acid groups (broad SMARTS) is 1. The maximum Gasteiger partial charge on any atom is 0.354 e. The minimum absolute atomic E-state index is 0.247. The zero-order chi connectivity index (χ0) is 13.1. The van der Waals surface area contributed by atoms with E-state index in [0.717, 1.165) is 12.0 Å². The van der Waals surface area contributed by atoms with Crippen molar-refractivity contribution < 1.29 is 9.90 Å². The highest BCUT2D eigenvalue weighted by molar-refractivity contribution is 6.30. The summed E-state index contributed by atoms with van der Waals surface area (Å²) in [6.45, 7) is 0. The second kappa shape index (κ2) is 5.23. The molecule has 0 saturated carbocycles. The Morgan fingerprint density at radius 1 is 1.44 bits per heavy atom. The van der Waals surface area contributed by atoms with Crippen LogP contribution in [0.1, 0.15) is 21.7 Å². The molecule has 0 bridgehead atoms. The fourth-order valence-corrected chi connectivity index (χ4v) is 2.10. The number of carbonyl (C=O) groups is 1. The molecule has 4 nitrogen and oxygen atoms in total. The average Bonchev–Trinajstić information content (AvgIpc) is 2.68. The van der Waals surface area contributed by atoms with Gasteiger partial charge in [-0.1, -0.05) is 23.7 Å². The molecule has 2 aromatic rings. The molecule has 1 N–H and O–H groups in total. The molecule has 0 fully saturated rings. The first kappa shape index (κ1) is 12.6. The van der Waals surface area contributed by atoms with E-state index in [0.29, 0.717) is 17.1 Å². The smallest absolute Gasteiger partial charge is 0.354 e. The molecule has 0 radical (unpaired) electrons. The molecular formula is C13H13ClN2O2. The highest BCUT2D eigenvalue weighted by Gasteiger charge is 2.15. The van der Waals surface area contributed by atoms with Gasteiger partial charge in [0.2, 0.25) is 0 Å². The van der Waals surface area contributed by atoms with Gasteiger partial charge in [-0.25, -0.2) is 9.78 Å². The molecule has 5 heteroatoms. The third-order valence-electron chi connectivity index (χ3n) is 2.75. The fourth-order valence-electron chi connectivity index (χ4n) is 1.89. The number of benzene rings is 1. The van der Waals surface area contributed by atoms with Crippen molar-refractivity contribution in [2.45, 2.75) is 12.8 Å². The monoisotopic (exact) mass is 264 g/mol. The zero-order valence-electron chi connectivity index (χ0n) is 9.93. The van der Waals surface area contributed by atoms with Crippen molar-refractivity contribution in [3.05, 3.63) is 52.6 Å². The lowest BCUT2D eigenvalue weighted by atomic mass is 10.1. The molecule has 0 saturated heterocycles. The van der Waals surface area contributed by atoms with Crippen molar-refractivity contribution in [2.75, 3.05) is 0 Å². The normalized spacial score (nSPS) is 10.6. The number of rotatable bonds is 4. The van der Waals surface area contributed by atoms with E-state index in [1.807, 2.05) is 24.3 Å². The summed E-state index contributed by atoms with van der Waals surface area (Å²) in [5, 5.41) is 9.78. The van der Waals surface area contributed by atoms with E-state index in [4.69, 9.17) is 16.7 Å². The lowest BCUT2D eigenvalue weighted by Gasteiger charge is -2.02. The van der Waals surface area contributed by atoms with Gasteiger partial charge in [0.25, 0.3) is 0 Å². The van der Waals surface area contributed by atoms with Gasteiger partial charge in [-0.2, -0.15) is 0 Å². The largest absolute Gasteiger partial charge is 0.477 e. The van der Waals surface area contributed by atoms with Gasteiger partial charge in [0, 0.05) is 12.1 Å². The molecule has 0 aliphatic heterocycles. The van der Waals surface area contributed by atoms with Crippen molar-refractivity contribution >= 4 is 17.6 Å². The van der Waals surface area contributed by atoms with Crippen molar-refractivity contribution in [3.63, 3.8) is 0 Å². The molecule has 94 valence electrons. The summed E-state index contributed by atoms with van der Waals surface area (Å²) in [4.78, 5) is 15.2. The van der Waals surface area contributed by atoms with Gasteiger partial charge in [0.05, 0.1) is 12.0 Å². The number of hydrogen-bond donors (Lipinski definition) is 1. The van der Waals surface area contributed by atoms with Crippen LogP contribution in [0.5, 0.6) is 0 Å². The molecule has 1 heterocycles. The van der Waals surface area contributed by atoms with Gasteiger partial charge >= 0.3 is 5.97 Å². The average molecular weight is 265 g/mol. The Bertz CT molecular complexity index is 578. The molecule has 0 spiro atoms. The van der Waals surface area contributed by atoms with Gasteiger partial charge in [0.15, 0.2) is 0 Å². The molecule has 0 amide bonds. The van der Waals surface area contributed by atoms with Crippen LogP contribution >= 0.6 is 11.6 Å². The lowest BCUT2D eigenvalue weighted by molar-refractivity contribution is 0.0685. The first-order valence-electron chi connectivity index (χ1n) is 5.56. The van der Waals surface area contributed by atoms with Crippen LogP contribution in [-0.2, 0) is 19.9 Å². The molecule has 1 aromatic carbocycles. The second-order valence-electron chi connectivity index (χ2n) is 4.09. The van der Waals surface area contributed by atoms with E-state index in [9.17, 15) is 4.79 Å². The van der Waals surface area contributed by atoms with Crippen molar-refractivity contribution in [1.82, 2.24) is 9.55 Å². The Hall–Kier alpha value is -1.81. The van der Waals surface area contributed by atoms with Crippen LogP contribution in [0.15, 0.2) is 30.6 Å². The standard InChI is InChI=1S/C13H13ClN2O2/c1-16-8-15-11(12(16)13(17)18)6-5-9-3-2-4-10(14)7-9/h2-4,7-8H,5-6H2,1H3,(H,17,18). The van der Waals surface area contributed by atoms with Crippen molar-refractivity contribution in [2.24, 2.45) is 7.05 Å². The Balaban J connectivity index is 2.13. The number of hydrogen-bond acceptors (Lipinski definition) is 2. The van der Waals surface area contributed by atoms with Gasteiger partial charge in [-0.05, 0) is 30.5 Å².